The summed E-state index contributed by atoms with van der Waals surface area (Å²) in [5, 5.41) is 7.71. The van der Waals surface area contributed by atoms with Crippen LogP contribution in [0.2, 0.25) is 0 Å². The molecule has 2 aromatic rings. The van der Waals surface area contributed by atoms with E-state index in [4.69, 9.17) is 58.0 Å². The van der Waals surface area contributed by atoms with Gasteiger partial charge in [0, 0.05) is 6.42 Å². The lowest BCUT2D eigenvalue weighted by atomic mass is 10.3. The topological polar surface area (TPSA) is 78.5 Å². The van der Waals surface area contributed by atoms with Crippen LogP contribution in [0.1, 0.15) is 25.0 Å². The standard InChI is InChI=1S/C10H9Cl5N6O/c1-2-3-6-18-7(9(11,12)10(13,14)15)19-21(6)8(22)20-5-16-4-17-20/h4-5H,2-3H2,1H3. The number of aryl methyl sites for hydroxylation is 1. The molecule has 0 bridgehead atoms. The molecule has 0 aliphatic carbocycles. The molecule has 0 unspecified atom stereocenters. The third kappa shape index (κ3) is 3.33. The molecule has 0 saturated carbocycles. The van der Waals surface area contributed by atoms with Gasteiger partial charge in [0.1, 0.15) is 18.5 Å². The van der Waals surface area contributed by atoms with Crippen LogP contribution in [0.5, 0.6) is 0 Å². The third-order valence-corrected chi connectivity index (χ3v) is 4.92. The van der Waals surface area contributed by atoms with Crippen LogP contribution in [0, 0.1) is 0 Å². The highest BCUT2D eigenvalue weighted by molar-refractivity contribution is 6.75. The molecule has 120 valence electrons. The van der Waals surface area contributed by atoms with Crippen molar-refractivity contribution < 1.29 is 4.79 Å². The second-order valence-electron chi connectivity index (χ2n) is 4.21. The van der Waals surface area contributed by atoms with Gasteiger partial charge in [0.2, 0.25) is 8.13 Å². The number of carbonyl (C=O) groups excluding carboxylic acids is 1. The predicted molar refractivity (Wildman–Crippen MR) is 83.9 cm³/mol. The van der Waals surface area contributed by atoms with Crippen LogP contribution >= 0.6 is 58.0 Å². The highest BCUT2D eigenvalue weighted by Crippen LogP contribution is 2.51. The molecule has 2 heterocycles. The molecule has 7 nitrogen and oxygen atoms in total. The summed E-state index contributed by atoms with van der Waals surface area (Å²) in [4.78, 5) is 20.1. The summed E-state index contributed by atoms with van der Waals surface area (Å²) in [7, 11) is 0. The van der Waals surface area contributed by atoms with E-state index < -0.39 is 14.2 Å². The van der Waals surface area contributed by atoms with Crippen molar-refractivity contribution in [3.63, 3.8) is 0 Å². The van der Waals surface area contributed by atoms with Crippen LogP contribution in [0.25, 0.3) is 0 Å². The Balaban J connectivity index is 2.49. The maximum Gasteiger partial charge on any atom is 0.372 e. The maximum absolute atomic E-state index is 12.3. The average Bonchev–Trinajstić information content (AvgIpc) is 3.06. The Labute approximate surface area is 150 Å². The van der Waals surface area contributed by atoms with Gasteiger partial charge < -0.3 is 0 Å². The largest absolute Gasteiger partial charge is 0.372 e. The Hall–Kier alpha value is -0.600. The minimum absolute atomic E-state index is 0.187. The fourth-order valence-corrected chi connectivity index (χ4v) is 1.96. The first kappa shape index (κ1) is 17.7. The maximum atomic E-state index is 12.3. The Morgan fingerprint density at radius 1 is 1.27 bits per heavy atom. The van der Waals surface area contributed by atoms with E-state index in [1.165, 1.54) is 12.7 Å². The molecule has 12 heteroatoms. The lowest BCUT2D eigenvalue weighted by Crippen LogP contribution is -2.30. The molecule has 0 aliphatic rings. The summed E-state index contributed by atoms with van der Waals surface area (Å²) in [6.07, 6.45) is 3.58. The van der Waals surface area contributed by atoms with Gasteiger partial charge >= 0.3 is 6.03 Å². The summed E-state index contributed by atoms with van der Waals surface area (Å²) < 4.78 is -2.11. The number of rotatable bonds is 3. The predicted octanol–water partition coefficient (Wildman–Crippen LogP) is 3.34. The fraction of sp³-hybridized carbons (Fsp3) is 0.500. The van der Waals surface area contributed by atoms with Crippen LogP contribution in [-0.4, -0.2) is 39.4 Å². The van der Waals surface area contributed by atoms with E-state index in [0.717, 1.165) is 9.36 Å². The number of aromatic nitrogens is 6. The second-order valence-corrected chi connectivity index (χ2v) is 7.82. The molecule has 0 atom stereocenters. The van der Waals surface area contributed by atoms with Gasteiger partial charge in [-0.1, -0.05) is 64.9 Å². The van der Waals surface area contributed by atoms with E-state index in [1.54, 1.807) is 0 Å². The van der Waals surface area contributed by atoms with Crippen molar-refractivity contribution in [1.29, 1.82) is 0 Å². The molecule has 2 rings (SSSR count). The van der Waals surface area contributed by atoms with Gasteiger partial charge in [-0.05, 0) is 6.42 Å². The highest BCUT2D eigenvalue weighted by atomic mass is 35.6. The molecule has 0 aliphatic heterocycles. The number of halogens is 5. The van der Waals surface area contributed by atoms with E-state index in [2.05, 4.69) is 20.2 Å². The van der Waals surface area contributed by atoms with Crippen LogP contribution in [0.15, 0.2) is 12.7 Å². The fourth-order valence-electron chi connectivity index (χ4n) is 1.55. The quantitative estimate of drug-likeness (QED) is 0.731. The lowest BCUT2D eigenvalue weighted by Gasteiger charge is -2.23. The monoisotopic (exact) mass is 404 g/mol. The summed E-state index contributed by atoms with van der Waals surface area (Å²) >= 11 is 29.3. The molecule has 0 spiro atoms. The zero-order chi connectivity index (χ0) is 16.5. The van der Waals surface area contributed by atoms with Gasteiger partial charge in [-0.15, -0.1) is 5.10 Å². The van der Waals surface area contributed by atoms with E-state index in [0.29, 0.717) is 18.7 Å². The Bertz CT molecular complexity index is 662. The number of carbonyl (C=O) groups is 1. The SMILES string of the molecule is CCCc1nc(C(Cl)(Cl)C(Cl)(Cl)Cl)nn1C(=O)n1cncn1. The molecule has 0 saturated heterocycles. The van der Waals surface area contributed by atoms with Crippen molar-refractivity contribution in [1.82, 2.24) is 29.5 Å². The first-order valence-corrected chi connectivity index (χ1v) is 7.87. The molecular weight excluding hydrogens is 397 g/mol. The Kier molecular flexibility index (Phi) is 5.23. The van der Waals surface area contributed by atoms with Gasteiger partial charge in [0.25, 0.3) is 0 Å². The van der Waals surface area contributed by atoms with Crippen molar-refractivity contribution in [2.24, 2.45) is 0 Å². The van der Waals surface area contributed by atoms with Crippen molar-refractivity contribution in [2.75, 3.05) is 0 Å². The van der Waals surface area contributed by atoms with Crippen molar-refractivity contribution in [2.45, 2.75) is 27.9 Å². The molecule has 0 fully saturated rings. The number of hydrogen-bond acceptors (Lipinski definition) is 5. The first-order chi connectivity index (χ1) is 10.2. The molecule has 0 N–H and O–H groups in total. The van der Waals surface area contributed by atoms with Gasteiger partial charge in [-0.25, -0.2) is 14.8 Å². The van der Waals surface area contributed by atoms with Crippen LogP contribution in [-0.2, 0) is 10.8 Å². The minimum Gasteiger partial charge on any atom is -0.243 e. The zero-order valence-corrected chi connectivity index (χ0v) is 14.8. The van der Waals surface area contributed by atoms with Gasteiger partial charge in [0.05, 0.1) is 0 Å². The minimum atomic E-state index is -2.08. The molecule has 22 heavy (non-hydrogen) atoms. The number of alkyl halides is 5. The second kappa shape index (κ2) is 6.49. The smallest absolute Gasteiger partial charge is 0.243 e. The van der Waals surface area contributed by atoms with Crippen molar-refractivity contribution in [3.8, 4) is 0 Å². The normalized spacial score (nSPS) is 12.6. The molecule has 2 aromatic heterocycles. The first-order valence-electron chi connectivity index (χ1n) is 5.98. The molecule has 0 amide bonds. The Morgan fingerprint density at radius 3 is 2.45 bits per heavy atom. The van der Waals surface area contributed by atoms with E-state index in [-0.39, 0.29) is 5.82 Å². The zero-order valence-electron chi connectivity index (χ0n) is 11.1. The van der Waals surface area contributed by atoms with Crippen molar-refractivity contribution in [3.05, 3.63) is 24.3 Å². The Morgan fingerprint density at radius 2 is 1.95 bits per heavy atom. The number of nitrogens with zero attached hydrogens (tertiary/aromatic N) is 6. The number of hydrogen-bond donors (Lipinski definition) is 0. The van der Waals surface area contributed by atoms with Gasteiger partial charge in [0.15, 0.2) is 5.82 Å². The molecule has 0 aromatic carbocycles. The molecule has 0 radical (unpaired) electrons. The van der Waals surface area contributed by atoms with Crippen LogP contribution in [0.3, 0.4) is 0 Å². The third-order valence-electron chi connectivity index (χ3n) is 2.58. The summed E-state index contributed by atoms with van der Waals surface area (Å²) in [6, 6.07) is -0.604. The highest BCUT2D eigenvalue weighted by Gasteiger charge is 2.51. The van der Waals surface area contributed by atoms with Crippen LogP contribution < -0.4 is 0 Å². The summed E-state index contributed by atoms with van der Waals surface area (Å²) in [5.74, 6) is 0.130. The van der Waals surface area contributed by atoms with Gasteiger partial charge in [-0.2, -0.15) is 14.5 Å². The summed E-state index contributed by atoms with van der Waals surface area (Å²) in [5.41, 5.74) is 0. The molecular formula is C10H9Cl5N6O. The van der Waals surface area contributed by atoms with Crippen LogP contribution in [0.4, 0.5) is 4.79 Å². The average molecular weight is 406 g/mol. The lowest BCUT2D eigenvalue weighted by molar-refractivity contribution is 0.237. The van der Waals surface area contributed by atoms with Crippen molar-refractivity contribution >= 4 is 64.0 Å². The van der Waals surface area contributed by atoms with Gasteiger partial charge in [-0.3, -0.25) is 0 Å². The van der Waals surface area contributed by atoms with E-state index in [1.807, 2.05) is 6.92 Å². The van der Waals surface area contributed by atoms with E-state index >= 15 is 0 Å². The summed E-state index contributed by atoms with van der Waals surface area (Å²) in [6.45, 7) is 1.90. The van der Waals surface area contributed by atoms with E-state index in [9.17, 15) is 4.79 Å².